The Kier molecular flexibility index (Phi) is 3.73. The Hall–Kier alpha value is -1.12. The lowest BCUT2D eigenvalue weighted by Crippen LogP contribution is -2.52. The Labute approximate surface area is 134 Å². The second kappa shape index (κ2) is 5.21. The molecule has 1 aromatic rings. The molecule has 1 atom stereocenters. The topological polar surface area (TPSA) is 81.6 Å². The van der Waals surface area contributed by atoms with E-state index in [1.165, 1.54) is 6.26 Å². The average Bonchev–Trinajstić information content (AvgIpc) is 2.45. The molecule has 122 valence electrons. The highest BCUT2D eigenvalue weighted by Crippen LogP contribution is 2.42. The normalized spacial score (nSPS) is 21.8. The molecule has 0 spiro atoms. The number of fused-ring (bicyclic) bond motifs is 3. The molecule has 0 aromatic carbocycles. The number of halogens is 1. The molecular formula is C13H18ClN3O4S. The summed E-state index contributed by atoms with van der Waals surface area (Å²) in [5.74, 6) is 0.948. The number of rotatable bonds is 2. The van der Waals surface area contributed by atoms with Crippen molar-refractivity contribution in [3.8, 4) is 5.75 Å². The predicted octanol–water partition coefficient (Wildman–Crippen LogP) is 1.01. The molecule has 22 heavy (non-hydrogen) atoms. The molecule has 0 bridgehead atoms. The Bertz CT molecular complexity index is 707. The maximum atomic E-state index is 12.1. The molecule has 0 amide bonds. The van der Waals surface area contributed by atoms with Gasteiger partial charge in [-0.25, -0.2) is 13.4 Å². The summed E-state index contributed by atoms with van der Waals surface area (Å²) in [5.41, 5.74) is 0.301. The first-order valence-electron chi connectivity index (χ1n) is 6.96. The van der Waals surface area contributed by atoms with Gasteiger partial charge in [0.25, 0.3) is 0 Å². The molecule has 2 aliphatic heterocycles. The molecule has 0 N–H and O–H groups in total. The molecule has 0 saturated carbocycles. The molecular weight excluding hydrogens is 330 g/mol. The number of morpholine rings is 1. The summed E-state index contributed by atoms with van der Waals surface area (Å²) in [5, 5.41) is 0.0150. The van der Waals surface area contributed by atoms with Crippen molar-refractivity contribution in [1.29, 1.82) is 0 Å². The van der Waals surface area contributed by atoms with Gasteiger partial charge in [0.1, 0.15) is 17.0 Å². The van der Waals surface area contributed by atoms with Crippen molar-refractivity contribution in [3.63, 3.8) is 0 Å². The van der Waals surface area contributed by atoms with Crippen molar-refractivity contribution in [2.45, 2.75) is 24.6 Å². The standard InChI is InChI=1S/C13H18ClN3O4S/c1-13(2,22(3,18)19)10-9-11(16-12(14)15-10)17-4-5-20-6-8(17)7-21-9/h8H,4-7H2,1-3H3/t8-/m0/s1. The molecule has 0 aliphatic carbocycles. The number of ether oxygens (including phenoxy) is 2. The van der Waals surface area contributed by atoms with Gasteiger partial charge >= 0.3 is 0 Å². The largest absolute Gasteiger partial charge is 0.486 e. The smallest absolute Gasteiger partial charge is 0.224 e. The van der Waals surface area contributed by atoms with Crippen LogP contribution in [0.4, 0.5) is 5.82 Å². The fourth-order valence-corrected chi connectivity index (χ4v) is 3.23. The van der Waals surface area contributed by atoms with E-state index in [4.69, 9.17) is 21.1 Å². The van der Waals surface area contributed by atoms with Gasteiger partial charge in [-0.3, -0.25) is 0 Å². The summed E-state index contributed by atoms with van der Waals surface area (Å²) >= 11 is 6.04. The van der Waals surface area contributed by atoms with Crippen molar-refractivity contribution < 1.29 is 17.9 Å². The van der Waals surface area contributed by atoms with Crippen LogP contribution in [0.15, 0.2) is 0 Å². The van der Waals surface area contributed by atoms with Crippen LogP contribution in [0.3, 0.4) is 0 Å². The quantitative estimate of drug-likeness (QED) is 0.738. The van der Waals surface area contributed by atoms with Crippen LogP contribution in [0.2, 0.25) is 5.28 Å². The summed E-state index contributed by atoms with van der Waals surface area (Å²) in [6, 6.07) is 0.0569. The van der Waals surface area contributed by atoms with Gasteiger partial charge < -0.3 is 14.4 Å². The second-order valence-corrected chi connectivity index (χ2v) is 8.91. The molecule has 2 aliphatic rings. The van der Waals surface area contributed by atoms with Gasteiger partial charge in [0.15, 0.2) is 21.4 Å². The molecule has 0 radical (unpaired) electrons. The molecule has 1 fully saturated rings. The second-order valence-electron chi connectivity index (χ2n) is 6.01. The Morgan fingerprint density at radius 1 is 1.32 bits per heavy atom. The molecule has 3 heterocycles. The molecule has 3 rings (SSSR count). The third-order valence-electron chi connectivity index (χ3n) is 4.24. The maximum Gasteiger partial charge on any atom is 0.224 e. The summed E-state index contributed by atoms with van der Waals surface area (Å²) in [4.78, 5) is 10.5. The number of aromatic nitrogens is 2. The van der Waals surface area contributed by atoms with Crippen molar-refractivity contribution in [2.75, 3.05) is 37.5 Å². The first-order chi connectivity index (χ1) is 10.2. The molecule has 1 saturated heterocycles. The van der Waals surface area contributed by atoms with E-state index in [0.717, 1.165) is 0 Å². The van der Waals surface area contributed by atoms with Crippen LogP contribution < -0.4 is 9.64 Å². The Morgan fingerprint density at radius 3 is 2.73 bits per heavy atom. The van der Waals surface area contributed by atoms with E-state index in [2.05, 4.69) is 14.9 Å². The van der Waals surface area contributed by atoms with Gasteiger partial charge in [-0.2, -0.15) is 4.98 Å². The summed E-state index contributed by atoms with van der Waals surface area (Å²) in [6.45, 7) is 5.39. The highest BCUT2D eigenvalue weighted by molar-refractivity contribution is 7.91. The summed E-state index contributed by atoms with van der Waals surface area (Å²) in [6.07, 6.45) is 1.18. The number of nitrogens with zero attached hydrogens (tertiary/aromatic N) is 3. The number of hydrogen-bond donors (Lipinski definition) is 0. The minimum Gasteiger partial charge on any atom is -0.486 e. The zero-order chi connectivity index (χ0) is 16.1. The van der Waals surface area contributed by atoms with Crippen LogP contribution in [0.5, 0.6) is 5.75 Å². The third kappa shape index (κ3) is 2.43. The molecule has 1 aromatic heterocycles. The van der Waals surface area contributed by atoms with E-state index in [1.807, 2.05) is 0 Å². The predicted molar refractivity (Wildman–Crippen MR) is 82.4 cm³/mol. The lowest BCUT2D eigenvalue weighted by Gasteiger charge is -2.41. The monoisotopic (exact) mass is 347 g/mol. The lowest BCUT2D eigenvalue weighted by molar-refractivity contribution is 0.0691. The van der Waals surface area contributed by atoms with Gasteiger partial charge in [0.2, 0.25) is 5.28 Å². The minimum atomic E-state index is -3.41. The zero-order valence-electron chi connectivity index (χ0n) is 12.7. The molecule has 0 unspecified atom stereocenters. The maximum absolute atomic E-state index is 12.1. The summed E-state index contributed by atoms with van der Waals surface area (Å²) < 4.78 is 34.3. The van der Waals surface area contributed by atoms with E-state index in [-0.39, 0.29) is 11.3 Å². The third-order valence-corrected chi connectivity index (χ3v) is 6.45. The Morgan fingerprint density at radius 2 is 2.05 bits per heavy atom. The number of hydrogen-bond acceptors (Lipinski definition) is 7. The van der Waals surface area contributed by atoms with Crippen molar-refractivity contribution in [3.05, 3.63) is 11.0 Å². The zero-order valence-corrected chi connectivity index (χ0v) is 14.2. The van der Waals surface area contributed by atoms with E-state index in [1.54, 1.807) is 13.8 Å². The van der Waals surface area contributed by atoms with Gasteiger partial charge in [-0.15, -0.1) is 0 Å². The van der Waals surface area contributed by atoms with Crippen LogP contribution in [0.1, 0.15) is 19.5 Å². The SMILES string of the molecule is CC(C)(c1nc(Cl)nc2c1OC[C@@H]1COCCN21)S(C)(=O)=O. The van der Waals surface area contributed by atoms with Gasteiger partial charge in [0, 0.05) is 12.8 Å². The highest BCUT2D eigenvalue weighted by Gasteiger charge is 2.42. The fourth-order valence-electron chi connectivity index (χ4n) is 2.57. The fraction of sp³-hybridized carbons (Fsp3) is 0.692. The molecule has 7 nitrogen and oxygen atoms in total. The van der Waals surface area contributed by atoms with E-state index in [9.17, 15) is 8.42 Å². The van der Waals surface area contributed by atoms with E-state index < -0.39 is 14.6 Å². The van der Waals surface area contributed by atoms with E-state index >= 15 is 0 Å². The van der Waals surface area contributed by atoms with Crippen LogP contribution in [-0.2, 0) is 19.3 Å². The number of anilines is 1. The van der Waals surface area contributed by atoms with Crippen LogP contribution in [0.25, 0.3) is 0 Å². The Balaban J connectivity index is 2.17. The first-order valence-corrected chi connectivity index (χ1v) is 9.23. The van der Waals surface area contributed by atoms with Crippen LogP contribution in [0, 0.1) is 0 Å². The van der Waals surface area contributed by atoms with Gasteiger partial charge in [-0.1, -0.05) is 0 Å². The molecule has 9 heteroatoms. The summed E-state index contributed by atoms with van der Waals surface area (Å²) in [7, 11) is -3.41. The van der Waals surface area contributed by atoms with E-state index in [0.29, 0.717) is 43.6 Å². The lowest BCUT2D eigenvalue weighted by atomic mass is 10.1. The van der Waals surface area contributed by atoms with Crippen LogP contribution in [-0.4, -0.2) is 57.0 Å². The van der Waals surface area contributed by atoms with Crippen molar-refractivity contribution >= 4 is 27.3 Å². The van der Waals surface area contributed by atoms with Crippen molar-refractivity contribution in [2.24, 2.45) is 0 Å². The van der Waals surface area contributed by atoms with Gasteiger partial charge in [-0.05, 0) is 25.4 Å². The van der Waals surface area contributed by atoms with Crippen molar-refractivity contribution in [1.82, 2.24) is 9.97 Å². The number of sulfone groups is 1. The average molecular weight is 348 g/mol. The highest BCUT2D eigenvalue weighted by atomic mass is 35.5. The minimum absolute atomic E-state index is 0.0150. The van der Waals surface area contributed by atoms with Crippen LogP contribution >= 0.6 is 11.6 Å². The van der Waals surface area contributed by atoms with Gasteiger partial charge in [0.05, 0.1) is 19.3 Å². The first kappa shape index (κ1) is 15.8.